The zero-order chi connectivity index (χ0) is 13.9. The fourth-order valence-corrected chi connectivity index (χ4v) is 5.34. The quantitative estimate of drug-likeness (QED) is 0.627. The number of rotatable bonds is 4. The number of carbonyl (C=O) groups excluding carboxylic acids is 1. The van der Waals surface area contributed by atoms with Crippen molar-refractivity contribution < 1.29 is 14.6 Å². The molecule has 4 unspecified atom stereocenters. The summed E-state index contributed by atoms with van der Waals surface area (Å²) in [6.45, 7) is 7.45. The third kappa shape index (κ3) is 2.03. The van der Waals surface area contributed by atoms with E-state index < -0.39 is 5.60 Å². The lowest BCUT2D eigenvalue weighted by molar-refractivity contribution is -0.236. The molecule has 106 valence electrons. The maximum atomic E-state index is 11.4. The molecule has 0 spiro atoms. The molecule has 4 bridgehead atoms. The molecular formula is C16H24O3. The monoisotopic (exact) mass is 264 g/mol. The Bertz CT molecular complexity index is 443. The zero-order valence-electron chi connectivity index (χ0n) is 12.0. The van der Waals surface area contributed by atoms with Crippen molar-refractivity contribution in [1.82, 2.24) is 0 Å². The Morgan fingerprint density at radius 3 is 2.63 bits per heavy atom. The van der Waals surface area contributed by atoms with E-state index in [9.17, 15) is 9.90 Å². The Balaban J connectivity index is 1.90. The summed E-state index contributed by atoms with van der Waals surface area (Å²) in [4.78, 5) is 11.4. The Morgan fingerprint density at radius 1 is 1.32 bits per heavy atom. The number of aliphatic hydroxyl groups is 1. The van der Waals surface area contributed by atoms with E-state index in [0.29, 0.717) is 12.3 Å². The van der Waals surface area contributed by atoms with Gasteiger partial charge in [-0.3, -0.25) is 4.79 Å². The average molecular weight is 264 g/mol. The standard InChI is InChI=1S/C16H24O3/c1-4-14-5-13-6-15(18,8-14)10-16(7-13,9-14)19-12(3)11(2)17/h13,18H,3-10H2,1-2H3. The molecule has 4 aliphatic carbocycles. The van der Waals surface area contributed by atoms with Crippen molar-refractivity contribution >= 4 is 5.78 Å². The molecule has 0 aromatic rings. The van der Waals surface area contributed by atoms with E-state index >= 15 is 0 Å². The van der Waals surface area contributed by atoms with Gasteiger partial charge in [-0.25, -0.2) is 0 Å². The highest BCUT2D eigenvalue weighted by Gasteiger charge is 2.63. The maximum absolute atomic E-state index is 11.4. The number of carbonyl (C=O) groups is 1. The molecule has 0 radical (unpaired) electrons. The number of ether oxygens (including phenoxy) is 1. The third-order valence-corrected chi connectivity index (χ3v) is 5.59. The van der Waals surface area contributed by atoms with Gasteiger partial charge < -0.3 is 9.84 Å². The van der Waals surface area contributed by atoms with E-state index in [1.165, 1.54) is 13.3 Å². The number of ketones is 1. The van der Waals surface area contributed by atoms with E-state index in [4.69, 9.17) is 4.74 Å². The van der Waals surface area contributed by atoms with Crippen LogP contribution in [0, 0.1) is 11.3 Å². The van der Waals surface area contributed by atoms with Crippen molar-refractivity contribution in [3.8, 4) is 0 Å². The molecule has 4 aliphatic rings. The highest BCUT2D eigenvalue weighted by molar-refractivity contribution is 5.90. The minimum atomic E-state index is -0.577. The molecule has 0 aliphatic heterocycles. The largest absolute Gasteiger partial charge is 0.484 e. The van der Waals surface area contributed by atoms with Crippen LogP contribution in [0.1, 0.15) is 58.8 Å². The molecule has 4 rings (SSSR count). The van der Waals surface area contributed by atoms with Gasteiger partial charge in [-0.2, -0.15) is 0 Å². The minimum Gasteiger partial charge on any atom is -0.484 e. The lowest BCUT2D eigenvalue weighted by atomic mass is 9.45. The summed E-state index contributed by atoms with van der Waals surface area (Å²) >= 11 is 0. The van der Waals surface area contributed by atoms with E-state index in [0.717, 1.165) is 32.1 Å². The van der Waals surface area contributed by atoms with Gasteiger partial charge >= 0.3 is 0 Å². The van der Waals surface area contributed by atoms with Crippen LogP contribution in [0.4, 0.5) is 0 Å². The van der Waals surface area contributed by atoms with Crippen LogP contribution in [0.5, 0.6) is 0 Å². The second-order valence-electron chi connectivity index (χ2n) is 7.35. The molecule has 3 nitrogen and oxygen atoms in total. The number of hydrogen-bond donors (Lipinski definition) is 1. The van der Waals surface area contributed by atoms with Gasteiger partial charge in [0.15, 0.2) is 11.5 Å². The molecule has 0 aromatic carbocycles. The van der Waals surface area contributed by atoms with Crippen LogP contribution < -0.4 is 0 Å². The van der Waals surface area contributed by atoms with Crippen molar-refractivity contribution in [3.05, 3.63) is 12.3 Å². The van der Waals surface area contributed by atoms with Crippen LogP contribution in [0.15, 0.2) is 12.3 Å². The Hall–Kier alpha value is -0.830. The highest BCUT2D eigenvalue weighted by atomic mass is 16.5. The molecule has 19 heavy (non-hydrogen) atoms. The lowest BCUT2D eigenvalue weighted by Gasteiger charge is -2.64. The first-order valence-corrected chi connectivity index (χ1v) is 7.41. The Labute approximate surface area is 115 Å². The van der Waals surface area contributed by atoms with Crippen LogP contribution in [0.3, 0.4) is 0 Å². The van der Waals surface area contributed by atoms with Crippen LogP contribution in [-0.2, 0) is 9.53 Å². The zero-order valence-corrected chi connectivity index (χ0v) is 12.0. The Morgan fingerprint density at radius 2 is 2.05 bits per heavy atom. The molecule has 1 N–H and O–H groups in total. The number of allylic oxidation sites excluding steroid dienone is 1. The predicted octanol–water partition coefficient (Wildman–Crippen LogP) is 2.97. The van der Waals surface area contributed by atoms with Gasteiger partial charge in [0.2, 0.25) is 0 Å². The number of Topliss-reactive ketones (excluding diaryl/α,β-unsaturated/α-hetero) is 1. The van der Waals surface area contributed by atoms with Crippen molar-refractivity contribution in [2.75, 3.05) is 0 Å². The molecule has 0 heterocycles. The van der Waals surface area contributed by atoms with E-state index in [1.54, 1.807) is 0 Å². The van der Waals surface area contributed by atoms with Gasteiger partial charge in [0.05, 0.1) is 5.60 Å². The summed E-state index contributed by atoms with van der Waals surface area (Å²) in [6, 6.07) is 0. The third-order valence-electron chi connectivity index (χ3n) is 5.59. The van der Waals surface area contributed by atoms with Crippen LogP contribution in [0.2, 0.25) is 0 Å². The maximum Gasteiger partial charge on any atom is 0.193 e. The molecule has 3 heteroatoms. The van der Waals surface area contributed by atoms with Gasteiger partial charge in [0.25, 0.3) is 0 Å². The van der Waals surface area contributed by atoms with Crippen molar-refractivity contribution in [2.45, 2.75) is 70.0 Å². The van der Waals surface area contributed by atoms with Crippen molar-refractivity contribution in [3.63, 3.8) is 0 Å². The minimum absolute atomic E-state index is 0.103. The molecule has 0 aromatic heterocycles. The highest BCUT2D eigenvalue weighted by Crippen LogP contribution is 2.65. The smallest absolute Gasteiger partial charge is 0.193 e. The average Bonchev–Trinajstić information content (AvgIpc) is 2.24. The van der Waals surface area contributed by atoms with Crippen molar-refractivity contribution in [1.29, 1.82) is 0 Å². The molecule has 4 fully saturated rings. The Kier molecular flexibility index (Phi) is 2.66. The summed E-state index contributed by atoms with van der Waals surface area (Å²) in [7, 11) is 0. The molecular weight excluding hydrogens is 240 g/mol. The summed E-state index contributed by atoms with van der Waals surface area (Å²) in [5, 5.41) is 10.8. The normalized spacial score (nSPS) is 47.2. The summed E-state index contributed by atoms with van der Waals surface area (Å²) in [5.74, 6) is 0.700. The molecule has 4 atom stereocenters. The summed E-state index contributed by atoms with van der Waals surface area (Å²) in [6.07, 6.45) is 6.74. The first-order chi connectivity index (χ1) is 8.79. The fraction of sp³-hybridized carbons (Fsp3) is 0.812. The summed E-state index contributed by atoms with van der Waals surface area (Å²) in [5.41, 5.74) is -0.704. The first-order valence-electron chi connectivity index (χ1n) is 7.41. The van der Waals surface area contributed by atoms with E-state index in [1.807, 2.05) is 0 Å². The molecule has 0 saturated heterocycles. The van der Waals surface area contributed by atoms with Crippen molar-refractivity contribution in [2.24, 2.45) is 11.3 Å². The first kappa shape index (κ1) is 13.2. The molecule has 0 amide bonds. The van der Waals surface area contributed by atoms with Crippen LogP contribution in [0.25, 0.3) is 0 Å². The van der Waals surface area contributed by atoms with Gasteiger partial charge in [-0.1, -0.05) is 19.9 Å². The van der Waals surface area contributed by atoms with Gasteiger partial charge in [-0.15, -0.1) is 0 Å². The van der Waals surface area contributed by atoms with Crippen LogP contribution in [-0.4, -0.2) is 22.1 Å². The van der Waals surface area contributed by atoms with Gasteiger partial charge in [0, 0.05) is 13.3 Å². The fourth-order valence-electron chi connectivity index (χ4n) is 5.34. The van der Waals surface area contributed by atoms with E-state index in [-0.39, 0.29) is 22.6 Å². The molecule has 4 saturated carbocycles. The second kappa shape index (κ2) is 3.85. The van der Waals surface area contributed by atoms with E-state index in [2.05, 4.69) is 13.5 Å². The van der Waals surface area contributed by atoms with Gasteiger partial charge in [-0.05, 0) is 43.4 Å². The number of hydrogen-bond acceptors (Lipinski definition) is 3. The SMILES string of the molecule is C=C(OC12CC3CC(O)(CC(CC)(C3)C1)C2)C(C)=O. The van der Waals surface area contributed by atoms with Gasteiger partial charge in [0.1, 0.15) is 5.60 Å². The second-order valence-corrected chi connectivity index (χ2v) is 7.35. The predicted molar refractivity (Wildman–Crippen MR) is 72.5 cm³/mol. The van der Waals surface area contributed by atoms with Crippen LogP contribution >= 0.6 is 0 Å². The lowest BCUT2D eigenvalue weighted by Crippen LogP contribution is -2.63. The topological polar surface area (TPSA) is 46.5 Å². The summed E-state index contributed by atoms with van der Waals surface area (Å²) < 4.78 is 6.00.